The molecule has 2 heterocycles. The molecule has 0 saturated heterocycles. The Morgan fingerprint density at radius 2 is 2.09 bits per heavy atom. The number of aryl methyl sites for hydroxylation is 1. The van der Waals surface area contributed by atoms with Crippen molar-refractivity contribution in [3.63, 3.8) is 0 Å². The highest BCUT2D eigenvalue weighted by atomic mass is 32.2. The van der Waals surface area contributed by atoms with Crippen LogP contribution in [-0.2, 0) is 4.79 Å². The molecule has 0 aliphatic heterocycles. The molecule has 0 bridgehead atoms. The van der Waals surface area contributed by atoms with E-state index in [1.165, 1.54) is 11.8 Å². The fourth-order valence-electron chi connectivity index (χ4n) is 1.92. The lowest BCUT2D eigenvalue weighted by Gasteiger charge is -2.07. The molecule has 1 N–H and O–H groups in total. The third-order valence-corrected chi connectivity index (χ3v) is 3.93. The minimum atomic E-state index is -0.0439. The summed E-state index contributed by atoms with van der Waals surface area (Å²) < 4.78 is 10.6. The Balaban J connectivity index is 1.48. The van der Waals surface area contributed by atoms with E-state index in [-0.39, 0.29) is 5.91 Å². The maximum atomic E-state index is 11.9. The van der Waals surface area contributed by atoms with E-state index in [0.717, 1.165) is 11.3 Å². The van der Waals surface area contributed by atoms with E-state index in [2.05, 4.69) is 15.5 Å². The largest absolute Gasteiger partial charge is 0.459 e. The number of nitrogens with zero attached hydrogens (tertiary/aromatic N) is 2. The predicted octanol–water partition coefficient (Wildman–Crippen LogP) is 3.76. The number of rotatable bonds is 6. The van der Waals surface area contributed by atoms with Gasteiger partial charge in [-0.15, -0.1) is 10.2 Å². The number of para-hydroxylation sites is 1. The lowest BCUT2D eigenvalue weighted by Crippen LogP contribution is -2.12. The summed E-state index contributed by atoms with van der Waals surface area (Å²) in [7, 11) is 0. The summed E-state index contributed by atoms with van der Waals surface area (Å²) in [5.41, 5.74) is 1.87. The first kappa shape index (κ1) is 15.4. The third-order valence-electron chi connectivity index (χ3n) is 3.11. The number of carbonyl (C=O) groups is 1. The first-order valence-corrected chi connectivity index (χ1v) is 8.06. The molecule has 0 saturated carbocycles. The second kappa shape index (κ2) is 7.15. The topological polar surface area (TPSA) is 81.2 Å². The molecule has 118 valence electrons. The number of nitrogens with one attached hydrogen (secondary N) is 1. The van der Waals surface area contributed by atoms with Crippen LogP contribution in [0, 0.1) is 6.92 Å². The van der Waals surface area contributed by atoms with Crippen LogP contribution in [0.2, 0.25) is 0 Å². The van der Waals surface area contributed by atoms with Crippen LogP contribution in [0.15, 0.2) is 56.7 Å². The Morgan fingerprint density at radius 3 is 2.87 bits per heavy atom. The van der Waals surface area contributed by atoms with E-state index in [9.17, 15) is 4.79 Å². The van der Waals surface area contributed by atoms with Crippen molar-refractivity contribution in [3.05, 3.63) is 48.2 Å². The van der Waals surface area contributed by atoms with Crippen molar-refractivity contribution in [2.24, 2.45) is 0 Å². The third kappa shape index (κ3) is 4.01. The number of thioether (sulfide) groups is 1. The fourth-order valence-corrected chi connectivity index (χ4v) is 2.62. The molecule has 0 atom stereocenters. The standard InChI is InChI=1S/C16H15N3O3S/c1-11-5-2-3-6-12(11)17-14(20)8-10-23-16-19-18-15(22-16)13-7-4-9-21-13/h2-7,9H,8,10H2,1H3,(H,17,20). The minimum absolute atomic E-state index is 0.0439. The molecule has 0 aliphatic carbocycles. The molecule has 0 fully saturated rings. The molecule has 1 aromatic carbocycles. The van der Waals surface area contributed by atoms with Gasteiger partial charge in [0, 0.05) is 17.9 Å². The van der Waals surface area contributed by atoms with E-state index in [1.54, 1.807) is 18.4 Å². The molecule has 23 heavy (non-hydrogen) atoms. The van der Waals surface area contributed by atoms with Crippen LogP contribution in [0.5, 0.6) is 0 Å². The Hall–Kier alpha value is -2.54. The van der Waals surface area contributed by atoms with Crippen molar-refractivity contribution in [1.82, 2.24) is 10.2 Å². The molecule has 0 radical (unpaired) electrons. The summed E-state index contributed by atoms with van der Waals surface area (Å²) in [5.74, 6) is 1.37. The van der Waals surface area contributed by atoms with Crippen molar-refractivity contribution in [3.8, 4) is 11.7 Å². The number of anilines is 1. The van der Waals surface area contributed by atoms with Gasteiger partial charge in [-0.3, -0.25) is 4.79 Å². The van der Waals surface area contributed by atoms with Crippen LogP contribution >= 0.6 is 11.8 Å². The number of hydrogen-bond donors (Lipinski definition) is 1. The first-order chi connectivity index (χ1) is 11.2. The van der Waals surface area contributed by atoms with Crippen molar-refractivity contribution in [2.75, 3.05) is 11.1 Å². The Kier molecular flexibility index (Phi) is 4.77. The van der Waals surface area contributed by atoms with Gasteiger partial charge in [-0.2, -0.15) is 0 Å². The number of hydrogen-bond acceptors (Lipinski definition) is 6. The van der Waals surface area contributed by atoms with Crippen LogP contribution in [0.25, 0.3) is 11.7 Å². The minimum Gasteiger partial charge on any atom is -0.459 e. The zero-order valence-electron chi connectivity index (χ0n) is 12.5. The summed E-state index contributed by atoms with van der Waals surface area (Å²) in [5, 5.41) is 11.1. The Labute approximate surface area is 137 Å². The molecule has 7 heteroatoms. The highest BCUT2D eigenvalue weighted by Gasteiger charge is 2.12. The summed E-state index contributed by atoms with van der Waals surface area (Å²) in [6.07, 6.45) is 1.90. The molecule has 0 aliphatic rings. The van der Waals surface area contributed by atoms with Gasteiger partial charge in [0.05, 0.1) is 6.26 Å². The van der Waals surface area contributed by atoms with Crippen LogP contribution in [0.4, 0.5) is 5.69 Å². The molecular formula is C16H15N3O3S. The molecule has 0 spiro atoms. The number of aromatic nitrogens is 2. The summed E-state index contributed by atoms with van der Waals surface area (Å²) in [6.45, 7) is 1.96. The lowest BCUT2D eigenvalue weighted by molar-refractivity contribution is -0.115. The summed E-state index contributed by atoms with van der Waals surface area (Å²) in [6, 6.07) is 11.2. The normalized spacial score (nSPS) is 10.7. The molecule has 1 amide bonds. The molecule has 3 rings (SSSR count). The molecule has 0 unspecified atom stereocenters. The smallest absolute Gasteiger partial charge is 0.284 e. The molecular weight excluding hydrogens is 314 g/mol. The summed E-state index contributed by atoms with van der Waals surface area (Å²) in [4.78, 5) is 11.9. The van der Waals surface area contributed by atoms with Crippen molar-refractivity contribution < 1.29 is 13.6 Å². The van der Waals surface area contributed by atoms with Crippen LogP contribution in [-0.4, -0.2) is 21.9 Å². The van der Waals surface area contributed by atoms with Crippen LogP contribution < -0.4 is 5.32 Å². The summed E-state index contributed by atoms with van der Waals surface area (Å²) >= 11 is 1.34. The SMILES string of the molecule is Cc1ccccc1NC(=O)CCSc1nnc(-c2ccco2)o1. The van der Waals surface area contributed by atoms with Gasteiger partial charge in [-0.1, -0.05) is 30.0 Å². The van der Waals surface area contributed by atoms with E-state index in [4.69, 9.17) is 8.83 Å². The van der Waals surface area contributed by atoms with Gasteiger partial charge in [0.1, 0.15) is 0 Å². The van der Waals surface area contributed by atoms with Gasteiger partial charge in [0.15, 0.2) is 5.76 Å². The first-order valence-electron chi connectivity index (χ1n) is 7.08. The van der Waals surface area contributed by atoms with E-state index < -0.39 is 0 Å². The van der Waals surface area contributed by atoms with Gasteiger partial charge < -0.3 is 14.2 Å². The number of carbonyl (C=O) groups excluding carboxylic acids is 1. The van der Waals surface area contributed by atoms with Gasteiger partial charge in [-0.25, -0.2) is 0 Å². The zero-order valence-corrected chi connectivity index (χ0v) is 13.3. The van der Waals surface area contributed by atoms with Gasteiger partial charge >= 0.3 is 0 Å². The molecule has 3 aromatic rings. The number of benzene rings is 1. The maximum Gasteiger partial charge on any atom is 0.284 e. The fraction of sp³-hybridized carbons (Fsp3) is 0.188. The Bertz CT molecular complexity index is 783. The van der Waals surface area contributed by atoms with E-state index in [0.29, 0.717) is 29.0 Å². The average Bonchev–Trinajstić information content (AvgIpc) is 3.20. The lowest BCUT2D eigenvalue weighted by atomic mass is 10.2. The van der Waals surface area contributed by atoms with Gasteiger partial charge in [-0.05, 0) is 30.7 Å². The van der Waals surface area contributed by atoms with Crippen molar-refractivity contribution in [1.29, 1.82) is 0 Å². The van der Waals surface area contributed by atoms with E-state index >= 15 is 0 Å². The average molecular weight is 329 g/mol. The number of furan rings is 1. The van der Waals surface area contributed by atoms with Crippen molar-refractivity contribution >= 4 is 23.4 Å². The van der Waals surface area contributed by atoms with Crippen LogP contribution in [0.3, 0.4) is 0 Å². The number of amides is 1. The van der Waals surface area contributed by atoms with Crippen LogP contribution in [0.1, 0.15) is 12.0 Å². The van der Waals surface area contributed by atoms with Gasteiger partial charge in [0.2, 0.25) is 5.91 Å². The molecule has 2 aromatic heterocycles. The second-order valence-electron chi connectivity index (χ2n) is 4.81. The predicted molar refractivity (Wildman–Crippen MR) is 87.1 cm³/mol. The highest BCUT2D eigenvalue weighted by Crippen LogP contribution is 2.23. The maximum absolute atomic E-state index is 11.9. The highest BCUT2D eigenvalue weighted by molar-refractivity contribution is 7.99. The monoisotopic (exact) mass is 329 g/mol. The quantitative estimate of drug-likeness (QED) is 0.694. The van der Waals surface area contributed by atoms with E-state index in [1.807, 2.05) is 31.2 Å². The Morgan fingerprint density at radius 1 is 1.22 bits per heavy atom. The molecule has 6 nitrogen and oxygen atoms in total. The van der Waals surface area contributed by atoms with Crippen molar-refractivity contribution in [2.45, 2.75) is 18.6 Å². The second-order valence-corrected chi connectivity index (χ2v) is 5.86. The zero-order chi connectivity index (χ0) is 16.1. The van der Waals surface area contributed by atoms with Gasteiger partial charge in [0.25, 0.3) is 11.1 Å².